The summed E-state index contributed by atoms with van der Waals surface area (Å²) in [7, 11) is 1.08. The molecular formula is C102H71B5ClN8O6-3. The van der Waals surface area contributed by atoms with Gasteiger partial charge >= 0.3 is 7.12 Å². The van der Waals surface area contributed by atoms with Crippen LogP contribution in [0, 0.1) is 0 Å². The van der Waals surface area contributed by atoms with Crippen LogP contribution in [0.2, 0.25) is 5.28 Å². The largest absolute Gasteiger partial charge is 0.492 e. The first-order valence-corrected chi connectivity index (χ1v) is 38.3. The highest BCUT2D eigenvalue weighted by Gasteiger charge is 2.27. The fourth-order valence-corrected chi connectivity index (χ4v) is 16.3. The molecule has 14 nitrogen and oxygen atoms in total. The van der Waals surface area contributed by atoms with Crippen LogP contribution in [0.1, 0.15) is 13.7 Å². The molecule has 0 saturated heterocycles. The molecular weight excluding hydrogens is 1520 g/mol. The summed E-state index contributed by atoms with van der Waals surface area (Å²) in [5.41, 5.74) is 17.0. The quantitative estimate of drug-likeness (QED) is 0.124. The zero-order valence-electron chi connectivity index (χ0n) is 72.5. The molecule has 0 amide bonds. The summed E-state index contributed by atoms with van der Waals surface area (Å²) in [6.45, 7) is 0. The third kappa shape index (κ3) is 13.8. The Morgan fingerprint density at radius 3 is 1.07 bits per heavy atom. The van der Waals surface area contributed by atoms with Gasteiger partial charge in [-0.25, -0.2) is 19.9 Å². The second-order valence-corrected chi connectivity index (χ2v) is 28.8. The maximum absolute atomic E-state index is 10.3. The summed E-state index contributed by atoms with van der Waals surface area (Å²) in [6, 6.07) is 95.8. The molecule has 2 N–H and O–H groups in total. The second-order valence-electron chi connectivity index (χ2n) is 28.4. The number of para-hydroxylation sites is 6. The van der Waals surface area contributed by atoms with Crippen LogP contribution in [0.3, 0.4) is 0 Å². The number of benzene rings is 16. The number of furan rings is 4. The molecule has 20 heteroatoms. The van der Waals surface area contributed by atoms with Crippen LogP contribution in [0.15, 0.2) is 381 Å². The summed E-state index contributed by atoms with van der Waals surface area (Å²) >= 11 is 6.11. The van der Waals surface area contributed by atoms with Crippen molar-refractivity contribution in [1.29, 1.82) is 0 Å². The molecule has 0 unspecified atom stereocenters. The lowest BCUT2D eigenvalue weighted by atomic mass is 9.08. The van der Waals surface area contributed by atoms with Gasteiger partial charge in [0.05, 0.1) is 41.3 Å². The minimum Gasteiger partial charge on any atom is -0.456 e. The number of halogens is 1. The number of hydrogen-bond donors (Lipinski definition) is 2. The maximum Gasteiger partial charge on any atom is 0.492 e. The zero-order valence-corrected chi connectivity index (χ0v) is 63.3. The van der Waals surface area contributed by atoms with E-state index in [-0.39, 0.29) is 45.5 Å². The van der Waals surface area contributed by atoms with Crippen LogP contribution in [-0.2, 0) is 0 Å². The van der Waals surface area contributed by atoms with Crippen molar-refractivity contribution in [3.63, 3.8) is 0 Å². The van der Waals surface area contributed by atoms with Crippen molar-refractivity contribution in [3.8, 4) is 90.6 Å². The van der Waals surface area contributed by atoms with Crippen LogP contribution in [-0.4, -0.2) is 85.8 Å². The molecule has 0 aliphatic carbocycles. The van der Waals surface area contributed by atoms with Crippen molar-refractivity contribution in [2.24, 2.45) is 0 Å². The van der Waals surface area contributed by atoms with Crippen LogP contribution >= 0.6 is 11.6 Å². The van der Waals surface area contributed by atoms with Gasteiger partial charge in [0.1, 0.15) is 44.7 Å². The fraction of sp³-hybridized carbons (Fsp3) is 0. The smallest absolute Gasteiger partial charge is 0.456 e. The Kier molecular flexibility index (Phi) is 16.4. The minimum absolute atomic E-state index is 0.0791. The van der Waals surface area contributed by atoms with E-state index < -0.39 is 67.5 Å². The topological polar surface area (TPSA) is 180 Å². The first-order valence-electron chi connectivity index (χ1n) is 42.9. The summed E-state index contributed by atoms with van der Waals surface area (Å²) in [6.07, 6.45) is 1.58. The molecule has 16 aromatic carbocycles. The number of nitrogens with zero attached hydrogens (tertiary/aromatic N) is 8. The van der Waals surface area contributed by atoms with Crippen LogP contribution in [0.4, 0.5) is 0 Å². The third-order valence-corrected chi connectivity index (χ3v) is 21.7. The predicted octanol–water partition coefficient (Wildman–Crippen LogP) is 21.3. The van der Waals surface area contributed by atoms with Gasteiger partial charge < -0.3 is 43.2 Å². The first kappa shape index (κ1) is 63.9. The van der Waals surface area contributed by atoms with Crippen molar-refractivity contribution >= 4 is 185 Å². The van der Waals surface area contributed by atoms with Crippen molar-refractivity contribution in [2.45, 2.75) is 0 Å². The zero-order chi connectivity index (χ0) is 90.8. The van der Waals surface area contributed by atoms with E-state index in [1.807, 2.05) is 200 Å². The van der Waals surface area contributed by atoms with Crippen LogP contribution in [0.25, 0.3) is 222 Å². The fourth-order valence-electron chi connectivity index (χ4n) is 16.2. The molecule has 580 valence electrons. The lowest BCUT2D eigenvalue weighted by Gasteiger charge is -2.12. The Morgan fingerprint density at radius 1 is 0.279 bits per heavy atom. The van der Waals surface area contributed by atoms with Gasteiger partial charge in [-0.1, -0.05) is 255 Å². The average molecular weight is 1600 g/mol. The second kappa shape index (κ2) is 31.3. The summed E-state index contributed by atoms with van der Waals surface area (Å²) in [5, 5.41) is 32.3. The molecule has 0 atom stereocenters. The number of aromatic nitrogens is 8. The molecule has 0 bridgehead atoms. The molecule has 0 fully saturated rings. The van der Waals surface area contributed by atoms with Gasteiger partial charge in [0.2, 0.25) is 5.28 Å². The van der Waals surface area contributed by atoms with Gasteiger partial charge in [-0.3, -0.25) is 0 Å². The van der Waals surface area contributed by atoms with Gasteiger partial charge in [-0.2, -0.15) is 9.97 Å². The third-order valence-electron chi connectivity index (χ3n) is 21.5. The predicted molar refractivity (Wildman–Crippen MR) is 512 cm³/mol. The van der Waals surface area contributed by atoms with Crippen molar-refractivity contribution < 1.29 is 41.4 Å². The molecule has 0 saturated carbocycles. The molecule has 8 heterocycles. The SMILES string of the molecule is OB(O)c1cc(-n2c3ccccc3c3ccccc32)cc2c1oc1ccc(-c3ccccc3)cc12.[2H]c1c([2H])c([2H])c(-c2nc(-c3ccc4c(c3)oc3ccccc34)nc(-c3cc(-n4c5ccccc5c5ccccc54)cc4c3oc3ccc(-c5ccccc5)cc34)n2)c([2H])c1[2H].[2H]c1c([2H])c([2H])c(-c2nc(Cl)nc(-c3ccc4c(c3)oc3ccccc34)n2)c([2H])c1[2H].[BH3-]B([BH3-])[BH3-]. The van der Waals surface area contributed by atoms with Gasteiger partial charge in [0, 0.05) is 104 Å². The van der Waals surface area contributed by atoms with E-state index in [1.54, 1.807) is 12.5 Å². The molecule has 0 radical (unpaired) electrons. The molecule has 0 aliphatic heterocycles. The minimum atomic E-state index is -1.67. The van der Waals surface area contributed by atoms with Crippen molar-refractivity contribution in [3.05, 3.63) is 369 Å². The summed E-state index contributed by atoms with van der Waals surface area (Å²) in [4.78, 5) is 27.5. The van der Waals surface area contributed by atoms with Gasteiger partial charge in [-0.15, -0.1) is 23.2 Å². The highest BCUT2D eigenvalue weighted by atomic mass is 35.5. The van der Waals surface area contributed by atoms with E-state index in [0.29, 0.717) is 55.7 Å². The first-order chi connectivity index (χ1) is 64.1. The van der Waals surface area contributed by atoms with E-state index in [4.69, 9.17) is 57.9 Å². The molecule has 24 rings (SSSR count). The van der Waals surface area contributed by atoms with Crippen molar-refractivity contribution in [2.75, 3.05) is 0 Å². The Hall–Kier alpha value is -15.1. The van der Waals surface area contributed by atoms with Gasteiger partial charge in [-0.05, 0) is 143 Å². The van der Waals surface area contributed by atoms with E-state index in [0.717, 1.165) is 155 Å². The number of fused-ring (bicyclic) bond motifs is 18. The monoisotopic (exact) mass is 1600 g/mol. The highest BCUT2D eigenvalue weighted by Crippen LogP contribution is 2.44. The van der Waals surface area contributed by atoms with E-state index in [9.17, 15) is 10.0 Å². The molecule has 8 aromatic heterocycles. The number of rotatable bonds is 10. The Balaban J connectivity index is 0.000000127. The van der Waals surface area contributed by atoms with Gasteiger partial charge in [0.15, 0.2) is 29.1 Å². The van der Waals surface area contributed by atoms with Crippen LogP contribution in [0.5, 0.6) is 0 Å². The summed E-state index contributed by atoms with van der Waals surface area (Å²) < 4.78 is 113. The Bertz CT molecular complexity index is 8680. The van der Waals surface area contributed by atoms with E-state index in [2.05, 4.69) is 121 Å². The normalized spacial score (nSPS) is 12.7. The number of hydrogen-bond acceptors (Lipinski definition) is 12. The van der Waals surface area contributed by atoms with Gasteiger partial charge in [0.25, 0.3) is 0 Å². The van der Waals surface area contributed by atoms with E-state index >= 15 is 0 Å². The highest BCUT2D eigenvalue weighted by molar-refractivity contribution is 7.49. The average Bonchev–Trinajstić information content (AvgIpc) is 1.56. The molecule has 0 aliphatic rings. The molecule has 24 aromatic rings. The molecule has 122 heavy (non-hydrogen) atoms. The van der Waals surface area contributed by atoms with Crippen LogP contribution < -0.4 is 5.46 Å². The summed E-state index contributed by atoms with van der Waals surface area (Å²) in [5.74, 6) is 0.430. The molecule has 0 spiro atoms. The standard InChI is InChI=1S/C51H30N4O2.C30H20BNO3.C21H12ClN3O.B4H9/c1-3-13-31(14-4-1)33-24-26-46-40(27-33)41-29-35(55-43-20-10-7-17-36(43)37-18-8-11-21-44(37)55)30-42(48(41)57-46)51-53-49(32-15-5-2-6-16-32)52-50(54-51)34-23-25-39-38-19-9-12-22-45(38)56-47(39)28-34;33-31(34)26-18-21(32-27-12-6-4-10-22(27)23-11-5-7-13-28(23)32)17-25-24-16-20(19-8-2-1-3-9-19)14-15-29(24)35-30(25)26;22-21-24-19(13-6-2-1-3-7-13)23-20(25-21)14-10-11-16-15-8-4-5-9-17(15)26-18(16)12-14;1-4(2)3/h1-30H;1-18,33-34H;1-12H;1-3H3/q;;;-3/i2D,5D,6D,15D,16D;;1D,2D,3D,6D,7D;. The Morgan fingerprint density at radius 2 is 0.623 bits per heavy atom. The van der Waals surface area contributed by atoms with Crippen molar-refractivity contribution in [1.82, 2.24) is 39.0 Å². The lowest BCUT2D eigenvalue weighted by molar-refractivity contribution is 0.425. The Labute approximate surface area is 721 Å². The lowest BCUT2D eigenvalue weighted by Crippen LogP contribution is -2.30. The maximum atomic E-state index is 10.3. The van der Waals surface area contributed by atoms with E-state index in [1.165, 1.54) is 0 Å².